The summed E-state index contributed by atoms with van der Waals surface area (Å²) < 4.78 is 0.966. The fourth-order valence-electron chi connectivity index (χ4n) is 2.56. The van der Waals surface area contributed by atoms with E-state index in [4.69, 9.17) is 0 Å². The Bertz CT molecular complexity index is 745. The van der Waals surface area contributed by atoms with Crippen LogP contribution in [0, 0.1) is 0 Å². The molecule has 3 rings (SSSR count). The number of halogens is 1. The van der Waals surface area contributed by atoms with Gasteiger partial charge in [-0.1, -0.05) is 22.0 Å². The number of nitrogens with one attached hydrogen (secondary N) is 1. The maximum absolute atomic E-state index is 12.6. The topological polar surface area (TPSA) is 65.5 Å². The second-order valence-corrected chi connectivity index (χ2v) is 6.41. The van der Waals surface area contributed by atoms with E-state index in [0.717, 1.165) is 16.6 Å². The number of hydrogen-bond acceptors (Lipinski definition) is 4. The first-order valence-corrected chi connectivity index (χ1v) is 8.42. The van der Waals surface area contributed by atoms with Gasteiger partial charge in [-0.2, -0.15) is 0 Å². The highest BCUT2D eigenvalue weighted by Gasteiger charge is 2.21. The van der Waals surface area contributed by atoms with Crippen LogP contribution in [-0.2, 0) is 4.79 Å². The van der Waals surface area contributed by atoms with E-state index in [1.807, 2.05) is 24.3 Å². The van der Waals surface area contributed by atoms with E-state index in [9.17, 15) is 9.59 Å². The molecule has 0 aliphatic carbocycles. The number of anilines is 2. The molecule has 0 bridgehead atoms. The van der Waals surface area contributed by atoms with Crippen molar-refractivity contribution in [1.29, 1.82) is 0 Å². The zero-order valence-corrected chi connectivity index (χ0v) is 14.6. The number of piperazine rings is 1. The van der Waals surface area contributed by atoms with Crippen LogP contribution in [-0.4, -0.2) is 53.3 Å². The number of nitrogens with zero attached hydrogens (tertiary/aromatic N) is 3. The number of carbonyl (C=O) groups excluding carboxylic acids is 2. The summed E-state index contributed by atoms with van der Waals surface area (Å²) in [7, 11) is 0. The molecule has 1 aliphatic rings. The molecule has 1 fully saturated rings. The largest absolute Gasteiger partial charge is 0.342 e. The number of aromatic nitrogens is 1. The highest BCUT2D eigenvalue weighted by Crippen LogP contribution is 2.20. The van der Waals surface area contributed by atoms with Crippen LogP contribution in [0.4, 0.5) is 11.5 Å². The van der Waals surface area contributed by atoms with Crippen LogP contribution in [0.1, 0.15) is 10.4 Å². The minimum atomic E-state index is -0.0414. The lowest BCUT2D eigenvalue weighted by atomic mass is 10.2. The standard InChI is InChI=1S/C17H17BrN4O2/c18-14-2-1-3-15(11-14)20-16-10-13(4-5-19-16)17(24)22-8-6-21(12-23)7-9-22/h1-5,10-12H,6-9H2,(H,19,20). The molecular weight excluding hydrogens is 372 g/mol. The highest BCUT2D eigenvalue weighted by molar-refractivity contribution is 9.10. The summed E-state index contributed by atoms with van der Waals surface area (Å²) in [6, 6.07) is 11.2. The lowest BCUT2D eigenvalue weighted by Crippen LogP contribution is -2.48. The Balaban J connectivity index is 1.71. The van der Waals surface area contributed by atoms with E-state index in [1.54, 1.807) is 28.1 Å². The Labute approximate surface area is 148 Å². The third-order valence-electron chi connectivity index (χ3n) is 3.85. The van der Waals surface area contributed by atoms with Crippen LogP contribution < -0.4 is 5.32 Å². The molecule has 0 spiro atoms. The molecule has 2 aromatic rings. The van der Waals surface area contributed by atoms with Crippen LogP contribution >= 0.6 is 15.9 Å². The Kier molecular flexibility index (Phi) is 5.10. The quantitative estimate of drug-likeness (QED) is 0.817. The number of pyridine rings is 1. The molecule has 1 saturated heterocycles. The van der Waals surface area contributed by atoms with Gasteiger partial charge >= 0.3 is 0 Å². The Morgan fingerprint density at radius 2 is 1.96 bits per heavy atom. The molecule has 0 unspecified atom stereocenters. The predicted octanol–water partition coefficient (Wildman–Crippen LogP) is 2.50. The summed E-state index contributed by atoms with van der Waals surface area (Å²) in [5.41, 5.74) is 1.48. The summed E-state index contributed by atoms with van der Waals surface area (Å²) in [4.78, 5) is 31.1. The summed E-state index contributed by atoms with van der Waals surface area (Å²) in [5, 5.41) is 3.19. The molecule has 2 amide bonds. The maximum Gasteiger partial charge on any atom is 0.254 e. The van der Waals surface area contributed by atoms with Crippen LogP contribution in [0.25, 0.3) is 0 Å². The van der Waals surface area contributed by atoms with Gasteiger partial charge in [-0.25, -0.2) is 4.98 Å². The number of benzene rings is 1. The molecule has 24 heavy (non-hydrogen) atoms. The Morgan fingerprint density at radius 3 is 2.67 bits per heavy atom. The molecule has 1 N–H and O–H groups in total. The monoisotopic (exact) mass is 388 g/mol. The fraction of sp³-hybridized carbons (Fsp3) is 0.235. The van der Waals surface area contributed by atoms with Gasteiger partial charge in [0.1, 0.15) is 5.82 Å². The average molecular weight is 389 g/mol. The summed E-state index contributed by atoms with van der Waals surface area (Å²) in [5.74, 6) is 0.575. The van der Waals surface area contributed by atoms with Crippen molar-refractivity contribution in [2.75, 3.05) is 31.5 Å². The van der Waals surface area contributed by atoms with Gasteiger partial charge in [-0.05, 0) is 30.3 Å². The fourth-order valence-corrected chi connectivity index (χ4v) is 2.96. The third-order valence-corrected chi connectivity index (χ3v) is 4.35. The normalized spacial score (nSPS) is 14.4. The van der Waals surface area contributed by atoms with E-state index in [2.05, 4.69) is 26.2 Å². The van der Waals surface area contributed by atoms with Gasteiger partial charge in [0.05, 0.1) is 0 Å². The predicted molar refractivity (Wildman–Crippen MR) is 95.2 cm³/mol. The van der Waals surface area contributed by atoms with Crippen molar-refractivity contribution in [3.05, 3.63) is 52.6 Å². The van der Waals surface area contributed by atoms with Crippen molar-refractivity contribution in [1.82, 2.24) is 14.8 Å². The average Bonchev–Trinajstić information content (AvgIpc) is 2.61. The zero-order chi connectivity index (χ0) is 16.9. The first kappa shape index (κ1) is 16.4. The molecule has 1 aliphatic heterocycles. The summed E-state index contributed by atoms with van der Waals surface area (Å²) in [6.07, 6.45) is 2.45. The van der Waals surface area contributed by atoms with E-state index < -0.39 is 0 Å². The lowest BCUT2D eigenvalue weighted by molar-refractivity contribution is -0.119. The summed E-state index contributed by atoms with van der Waals surface area (Å²) >= 11 is 3.43. The smallest absolute Gasteiger partial charge is 0.254 e. The molecule has 0 saturated carbocycles. The SMILES string of the molecule is O=CN1CCN(C(=O)c2ccnc(Nc3cccc(Br)c3)c2)CC1. The number of carbonyl (C=O) groups is 2. The zero-order valence-electron chi connectivity index (χ0n) is 13.0. The molecule has 2 heterocycles. The van der Waals surface area contributed by atoms with Crippen molar-refractivity contribution in [3.8, 4) is 0 Å². The van der Waals surface area contributed by atoms with Gasteiger partial charge < -0.3 is 15.1 Å². The minimum absolute atomic E-state index is 0.0414. The molecule has 124 valence electrons. The highest BCUT2D eigenvalue weighted by atomic mass is 79.9. The van der Waals surface area contributed by atoms with Crippen LogP contribution in [0.3, 0.4) is 0 Å². The van der Waals surface area contributed by atoms with Gasteiger partial charge in [-0.3, -0.25) is 9.59 Å². The second-order valence-electron chi connectivity index (χ2n) is 5.50. The van der Waals surface area contributed by atoms with E-state index >= 15 is 0 Å². The molecule has 0 atom stereocenters. The molecule has 0 radical (unpaired) electrons. The molecule has 1 aromatic carbocycles. The number of rotatable bonds is 4. The van der Waals surface area contributed by atoms with Gasteiger partial charge in [-0.15, -0.1) is 0 Å². The van der Waals surface area contributed by atoms with Crippen LogP contribution in [0.2, 0.25) is 0 Å². The third kappa shape index (κ3) is 3.91. The van der Waals surface area contributed by atoms with E-state index in [-0.39, 0.29) is 5.91 Å². The van der Waals surface area contributed by atoms with Crippen molar-refractivity contribution in [3.63, 3.8) is 0 Å². The number of amides is 2. The van der Waals surface area contributed by atoms with Crippen molar-refractivity contribution < 1.29 is 9.59 Å². The molecular formula is C17H17BrN4O2. The van der Waals surface area contributed by atoms with E-state index in [1.165, 1.54) is 0 Å². The van der Waals surface area contributed by atoms with Crippen molar-refractivity contribution in [2.24, 2.45) is 0 Å². The van der Waals surface area contributed by atoms with Gasteiger partial charge in [0.25, 0.3) is 5.91 Å². The molecule has 1 aromatic heterocycles. The Hall–Kier alpha value is -2.41. The second kappa shape index (κ2) is 7.44. The van der Waals surface area contributed by atoms with Gasteiger partial charge in [0.15, 0.2) is 0 Å². The van der Waals surface area contributed by atoms with Gasteiger partial charge in [0, 0.05) is 48.1 Å². The van der Waals surface area contributed by atoms with Gasteiger partial charge in [0.2, 0.25) is 6.41 Å². The maximum atomic E-state index is 12.6. The van der Waals surface area contributed by atoms with Crippen LogP contribution in [0.15, 0.2) is 47.1 Å². The van der Waals surface area contributed by atoms with Crippen LogP contribution in [0.5, 0.6) is 0 Å². The van der Waals surface area contributed by atoms with Crippen molar-refractivity contribution in [2.45, 2.75) is 0 Å². The number of hydrogen-bond donors (Lipinski definition) is 1. The van der Waals surface area contributed by atoms with Crippen molar-refractivity contribution >= 4 is 39.8 Å². The first-order valence-electron chi connectivity index (χ1n) is 7.63. The lowest BCUT2D eigenvalue weighted by Gasteiger charge is -2.32. The van der Waals surface area contributed by atoms with E-state index in [0.29, 0.717) is 37.6 Å². The first-order chi connectivity index (χ1) is 11.7. The molecule has 7 heteroatoms. The Morgan fingerprint density at radius 1 is 1.17 bits per heavy atom. The molecule has 6 nitrogen and oxygen atoms in total. The summed E-state index contributed by atoms with van der Waals surface area (Å²) in [6.45, 7) is 2.25. The minimum Gasteiger partial charge on any atom is -0.342 e.